The minimum Gasteiger partial charge on any atom is -0.462 e. The van der Waals surface area contributed by atoms with Gasteiger partial charge in [-0.2, -0.15) is 0 Å². The molecule has 0 fully saturated rings. The molecule has 0 rings (SSSR count). The fourth-order valence-corrected chi connectivity index (χ4v) is 6.94. The first-order valence-electron chi connectivity index (χ1n) is 25.3. The highest BCUT2D eigenvalue weighted by atomic mass is 16.6. The lowest BCUT2D eigenvalue weighted by atomic mass is 10.0. The number of rotatable bonds is 45. The lowest BCUT2D eigenvalue weighted by Gasteiger charge is -2.18. The summed E-state index contributed by atoms with van der Waals surface area (Å²) in [7, 11) is 0. The van der Waals surface area contributed by atoms with Crippen LogP contribution in [0.5, 0.6) is 0 Å². The van der Waals surface area contributed by atoms with Gasteiger partial charge in [-0.05, 0) is 77.0 Å². The maximum atomic E-state index is 12.8. The first-order chi connectivity index (χ1) is 29.5. The number of esters is 3. The molecule has 6 nitrogen and oxygen atoms in total. The van der Waals surface area contributed by atoms with Crippen LogP contribution in [0.4, 0.5) is 0 Å². The minimum absolute atomic E-state index is 0.0839. The van der Waals surface area contributed by atoms with E-state index in [-0.39, 0.29) is 31.1 Å². The number of hydrogen-bond acceptors (Lipinski definition) is 6. The van der Waals surface area contributed by atoms with Crippen LogP contribution in [0.25, 0.3) is 0 Å². The van der Waals surface area contributed by atoms with Gasteiger partial charge in [-0.3, -0.25) is 14.4 Å². The second-order valence-electron chi connectivity index (χ2n) is 16.7. The maximum Gasteiger partial charge on any atom is 0.306 e. The summed E-state index contributed by atoms with van der Waals surface area (Å²) in [4.78, 5) is 37.9. The number of ether oxygens (including phenoxy) is 3. The number of unbranched alkanes of at least 4 members (excludes halogenated alkanes) is 24. The number of carbonyl (C=O) groups is 3. The van der Waals surface area contributed by atoms with Crippen molar-refractivity contribution < 1.29 is 28.6 Å². The SMILES string of the molecule is CC/C=C\C/C=C\C/C=C\CCCCCCCC(=O)OCC(COC(=O)CCCCCCCCCCCCCCC)OC(=O)CCCCCCC/C=C\C/C=C\CCCC. The van der Waals surface area contributed by atoms with Crippen LogP contribution >= 0.6 is 0 Å². The van der Waals surface area contributed by atoms with Crippen LogP contribution in [0.15, 0.2) is 60.8 Å². The van der Waals surface area contributed by atoms with E-state index in [1.54, 1.807) is 0 Å². The van der Waals surface area contributed by atoms with Gasteiger partial charge < -0.3 is 14.2 Å². The monoisotopic (exact) mass is 839 g/mol. The van der Waals surface area contributed by atoms with Gasteiger partial charge in [0.05, 0.1) is 0 Å². The van der Waals surface area contributed by atoms with Gasteiger partial charge >= 0.3 is 17.9 Å². The molecular formula is C54H94O6. The summed E-state index contributed by atoms with van der Waals surface area (Å²) in [6, 6.07) is 0. The van der Waals surface area contributed by atoms with Gasteiger partial charge in [0, 0.05) is 19.3 Å². The van der Waals surface area contributed by atoms with E-state index >= 15 is 0 Å². The minimum atomic E-state index is -0.785. The van der Waals surface area contributed by atoms with Gasteiger partial charge in [0.15, 0.2) is 6.10 Å². The van der Waals surface area contributed by atoms with Crippen LogP contribution < -0.4 is 0 Å². The highest BCUT2D eigenvalue weighted by Crippen LogP contribution is 2.15. The van der Waals surface area contributed by atoms with Crippen molar-refractivity contribution in [2.75, 3.05) is 13.2 Å². The quantitative estimate of drug-likeness (QED) is 0.0263. The Labute approximate surface area is 370 Å². The lowest BCUT2D eigenvalue weighted by molar-refractivity contribution is -0.167. The fraction of sp³-hybridized carbons (Fsp3) is 0.759. The molecule has 1 atom stereocenters. The van der Waals surface area contributed by atoms with Gasteiger partial charge in [0.25, 0.3) is 0 Å². The third-order valence-corrected chi connectivity index (χ3v) is 10.8. The zero-order valence-corrected chi connectivity index (χ0v) is 39.5. The molecule has 0 heterocycles. The average Bonchev–Trinajstić information content (AvgIpc) is 3.24. The standard InChI is InChI=1S/C54H94O6/c1-4-7-10-13-16-19-22-25-27-30-32-35-38-41-44-47-53(56)59-50-51(49-58-52(55)46-43-40-37-34-31-28-24-21-18-15-12-9-6-3)60-54(57)48-45-42-39-36-33-29-26-23-20-17-14-11-8-5-2/h7,10,14,16-17,19,23,25-27,51H,4-6,8-9,11-13,15,18,20-22,24,28-50H2,1-3H3/b10-7-,17-14-,19-16-,26-23-,27-25-. The normalized spacial score (nSPS) is 12.5. The molecule has 0 bridgehead atoms. The summed E-state index contributed by atoms with van der Waals surface area (Å²) < 4.78 is 16.8. The van der Waals surface area contributed by atoms with E-state index < -0.39 is 6.10 Å². The second kappa shape index (κ2) is 48.8. The molecule has 0 radical (unpaired) electrons. The van der Waals surface area contributed by atoms with Gasteiger partial charge in [-0.1, -0.05) is 210 Å². The molecule has 0 aromatic heterocycles. The smallest absolute Gasteiger partial charge is 0.306 e. The number of hydrogen-bond donors (Lipinski definition) is 0. The molecule has 346 valence electrons. The molecule has 0 N–H and O–H groups in total. The van der Waals surface area contributed by atoms with E-state index in [0.29, 0.717) is 19.3 Å². The summed E-state index contributed by atoms with van der Waals surface area (Å²) in [6.45, 7) is 6.46. The Balaban J connectivity index is 4.42. The first kappa shape index (κ1) is 57.1. The number of carbonyl (C=O) groups excluding carboxylic acids is 3. The summed E-state index contributed by atoms with van der Waals surface area (Å²) >= 11 is 0. The Kier molecular flexibility index (Phi) is 46.4. The Morgan fingerprint density at radius 2 is 0.667 bits per heavy atom. The van der Waals surface area contributed by atoms with Crippen LogP contribution in [0, 0.1) is 0 Å². The first-order valence-corrected chi connectivity index (χ1v) is 25.3. The molecule has 0 aliphatic rings. The second-order valence-corrected chi connectivity index (χ2v) is 16.7. The fourth-order valence-electron chi connectivity index (χ4n) is 6.94. The van der Waals surface area contributed by atoms with Gasteiger partial charge in [-0.15, -0.1) is 0 Å². The summed E-state index contributed by atoms with van der Waals surface area (Å²) in [5.74, 6) is -0.912. The predicted octanol–water partition coefficient (Wildman–Crippen LogP) is 16.5. The van der Waals surface area contributed by atoms with Crippen LogP contribution in [0.2, 0.25) is 0 Å². The molecule has 6 heteroatoms. The van der Waals surface area contributed by atoms with E-state index in [2.05, 4.69) is 81.5 Å². The molecular weight excluding hydrogens is 745 g/mol. The molecule has 0 aromatic rings. The van der Waals surface area contributed by atoms with E-state index in [1.165, 1.54) is 83.5 Å². The van der Waals surface area contributed by atoms with Crippen LogP contribution in [0.3, 0.4) is 0 Å². The van der Waals surface area contributed by atoms with Crippen LogP contribution in [-0.4, -0.2) is 37.2 Å². The van der Waals surface area contributed by atoms with Crippen molar-refractivity contribution in [2.45, 2.75) is 252 Å². The zero-order chi connectivity index (χ0) is 43.7. The van der Waals surface area contributed by atoms with Crippen molar-refractivity contribution in [3.05, 3.63) is 60.8 Å². The van der Waals surface area contributed by atoms with E-state index in [4.69, 9.17) is 14.2 Å². The van der Waals surface area contributed by atoms with E-state index in [9.17, 15) is 14.4 Å². The Morgan fingerprint density at radius 1 is 0.350 bits per heavy atom. The van der Waals surface area contributed by atoms with Crippen molar-refractivity contribution in [3.63, 3.8) is 0 Å². The van der Waals surface area contributed by atoms with Crippen LogP contribution in [0.1, 0.15) is 245 Å². The topological polar surface area (TPSA) is 78.9 Å². The Bertz CT molecular complexity index is 1100. The molecule has 60 heavy (non-hydrogen) atoms. The number of allylic oxidation sites excluding steroid dienone is 10. The molecule has 0 spiro atoms. The third kappa shape index (κ3) is 46.2. The highest BCUT2D eigenvalue weighted by molar-refractivity contribution is 5.71. The molecule has 0 aliphatic carbocycles. The van der Waals surface area contributed by atoms with Gasteiger partial charge in [0.1, 0.15) is 13.2 Å². The molecule has 1 unspecified atom stereocenters. The van der Waals surface area contributed by atoms with Crippen molar-refractivity contribution in [1.29, 1.82) is 0 Å². The van der Waals surface area contributed by atoms with Gasteiger partial charge in [0.2, 0.25) is 0 Å². The summed E-state index contributed by atoms with van der Waals surface area (Å²) in [5.41, 5.74) is 0. The summed E-state index contributed by atoms with van der Waals surface area (Å²) in [5, 5.41) is 0. The van der Waals surface area contributed by atoms with Crippen LogP contribution in [-0.2, 0) is 28.6 Å². The van der Waals surface area contributed by atoms with Crippen molar-refractivity contribution in [3.8, 4) is 0 Å². The lowest BCUT2D eigenvalue weighted by Crippen LogP contribution is -2.30. The molecule has 0 aromatic carbocycles. The third-order valence-electron chi connectivity index (χ3n) is 10.8. The van der Waals surface area contributed by atoms with Gasteiger partial charge in [-0.25, -0.2) is 0 Å². The largest absolute Gasteiger partial charge is 0.462 e. The van der Waals surface area contributed by atoms with Crippen molar-refractivity contribution in [2.24, 2.45) is 0 Å². The molecule has 0 saturated carbocycles. The summed E-state index contributed by atoms with van der Waals surface area (Å²) in [6.07, 6.45) is 59.1. The maximum absolute atomic E-state index is 12.8. The predicted molar refractivity (Wildman–Crippen MR) is 256 cm³/mol. The van der Waals surface area contributed by atoms with E-state index in [0.717, 1.165) is 122 Å². The Hall–Kier alpha value is -2.89. The average molecular weight is 839 g/mol. The molecule has 0 saturated heterocycles. The molecule has 0 amide bonds. The molecule has 0 aliphatic heterocycles. The van der Waals surface area contributed by atoms with Crippen molar-refractivity contribution in [1.82, 2.24) is 0 Å². The van der Waals surface area contributed by atoms with E-state index in [1.807, 2.05) is 0 Å². The van der Waals surface area contributed by atoms with Crippen molar-refractivity contribution >= 4 is 17.9 Å². The Morgan fingerprint density at radius 3 is 1.07 bits per heavy atom. The highest BCUT2D eigenvalue weighted by Gasteiger charge is 2.19. The zero-order valence-electron chi connectivity index (χ0n) is 39.5.